The average Bonchev–Trinajstić information content (AvgIpc) is 3.25. The smallest absolute Gasteiger partial charge is 0.242 e. The first kappa shape index (κ1) is 26.1. The zero-order valence-electron chi connectivity index (χ0n) is 21.6. The number of pyridine rings is 1. The first-order chi connectivity index (χ1) is 17.4. The van der Waals surface area contributed by atoms with Crippen molar-refractivity contribution in [2.45, 2.75) is 32.2 Å². The van der Waals surface area contributed by atoms with Gasteiger partial charge in [-0.05, 0) is 48.7 Å². The molecule has 192 valence electrons. The Hall–Kier alpha value is -2.98. The summed E-state index contributed by atoms with van der Waals surface area (Å²) in [5.41, 5.74) is 9.66. The van der Waals surface area contributed by atoms with Crippen molar-refractivity contribution in [3.8, 4) is 11.5 Å². The van der Waals surface area contributed by atoms with Gasteiger partial charge in [0.25, 0.3) is 0 Å². The van der Waals surface area contributed by atoms with E-state index < -0.39 is 8.07 Å². The van der Waals surface area contributed by atoms with Crippen LogP contribution in [0.3, 0.4) is 0 Å². The van der Waals surface area contributed by atoms with Crippen molar-refractivity contribution in [1.29, 1.82) is 0 Å². The number of aromatic nitrogens is 2. The number of hydrogen-bond donors (Lipinski definition) is 2. The van der Waals surface area contributed by atoms with E-state index in [2.05, 4.69) is 46.8 Å². The fourth-order valence-corrected chi connectivity index (χ4v) is 4.69. The van der Waals surface area contributed by atoms with Crippen molar-refractivity contribution >= 4 is 19.3 Å². The van der Waals surface area contributed by atoms with Crippen molar-refractivity contribution in [3.05, 3.63) is 72.2 Å². The number of fused-ring (bicyclic) bond motifs is 1. The lowest BCUT2D eigenvalue weighted by molar-refractivity contribution is -0.577. The van der Waals surface area contributed by atoms with Gasteiger partial charge in [-0.25, -0.2) is 0 Å². The average molecular weight is 509 g/mol. The molecule has 0 amide bonds. The molecule has 0 bridgehead atoms. The normalized spacial score (nSPS) is 15.7. The Labute approximate surface area is 214 Å². The number of nitrogens with one attached hydrogen (secondary N) is 1. The summed E-state index contributed by atoms with van der Waals surface area (Å²) in [5.74, 6) is 1.51. The second kappa shape index (κ2) is 12.3. The van der Waals surface area contributed by atoms with Crippen LogP contribution in [0.1, 0.15) is 11.3 Å². The quantitative estimate of drug-likeness (QED) is 0.177. The Balaban J connectivity index is 1.37. The number of ether oxygens (including phenoxy) is 3. The molecule has 36 heavy (non-hydrogen) atoms. The third-order valence-corrected chi connectivity index (χ3v) is 7.70. The van der Waals surface area contributed by atoms with E-state index in [1.54, 1.807) is 6.08 Å². The van der Waals surface area contributed by atoms with Crippen molar-refractivity contribution in [2.75, 3.05) is 39.6 Å². The van der Waals surface area contributed by atoms with Gasteiger partial charge >= 0.3 is 0 Å². The van der Waals surface area contributed by atoms with Crippen LogP contribution in [-0.4, -0.2) is 63.4 Å². The summed E-state index contributed by atoms with van der Waals surface area (Å²) in [5, 5.41) is 3.45. The number of aromatic amines is 1. The molecule has 0 radical (unpaired) electrons. The minimum absolute atomic E-state index is 0.323. The number of morpholine rings is 1. The molecule has 3 aromatic rings. The fraction of sp³-hybridized carbons (Fsp3) is 0.407. The van der Waals surface area contributed by atoms with Gasteiger partial charge in [0, 0.05) is 52.0 Å². The Morgan fingerprint density at radius 2 is 1.89 bits per heavy atom. The zero-order valence-corrected chi connectivity index (χ0v) is 22.6. The molecule has 1 aromatic carbocycles. The first-order valence-electron chi connectivity index (χ1n) is 12.5. The van der Waals surface area contributed by atoms with E-state index >= 15 is 0 Å². The Kier molecular flexibility index (Phi) is 8.92. The molecule has 0 aliphatic carbocycles. The minimum Gasteiger partial charge on any atom is -0.451 e. The molecular formula is C27H38N5O3Si+. The van der Waals surface area contributed by atoms with Gasteiger partial charge in [0.05, 0.1) is 24.6 Å². The minimum atomic E-state index is -1.11. The lowest BCUT2D eigenvalue weighted by Gasteiger charge is -2.25. The molecule has 2 aromatic heterocycles. The van der Waals surface area contributed by atoms with Crippen LogP contribution in [0.25, 0.3) is 5.52 Å². The lowest BCUT2D eigenvalue weighted by atomic mass is 10.1. The van der Waals surface area contributed by atoms with Crippen LogP contribution in [0.4, 0.5) is 0 Å². The molecule has 1 saturated heterocycles. The maximum Gasteiger partial charge on any atom is 0.242 e. The van der Waals surface area contributed by atoms with E-state index in [9.17, 15) is 0 Å². The number of H-pyrrole nitrogens is 1. The van der Waals surface area contributed by atoms with E-state index in [-0.39, 0.29) is 0 Å². The molecule has 1 aliphatic rings. The fourth-order valence-electron chi connectivity index (χ4n) is 3.93. The molecule has 0 spiro atoms. The predicted molar refractivity (Wildman–Crippen MR) is 145 cm³/mol. The number of nitrogens with zero attached hydrogens (tertiary/aromatic N) is 3. The van der Waals surface area contributed by atoms with Crippen LogP contribution in [0.15, 0.2) is 65.9 Å². The summed E-state index contributed by atoms with van der Waals surface area (Å²) < 4.78 is 19.3. The molecule has 3 N–H and O–H groups in total. The first-order valence-corrected chi connectivity index (χ1v) is 16.2. The highest BCUT2D eigenvalue weighted by atomic mass is 28.3. The number of aliphatic imine (C=N–C) groups is 1. The van der Waals surface area contributed by atoms with Gasteiger partial charge in [-0.1, -0.05) is 24.2 Å². The molecule has 0 atom stereocenters. The van der Waals surface area contributed by atoms with E-state index in [0.29, 0.717) is 6.73 Å². The molecule has 1 fully saturated rings. The summed E-state index contributed by atoms with van der Waals surface area (Å²) in [6.07, 6.45) is 5.26. The number of rotatable bonds is 11. The second-order valence-corrected chi connectivity index (χ2v) is 15.8. The number of nitrogens with two attached hydrogens (primary N) is 1. The van der Waals surface area contributed by atoms with E-state index in [1.807, 2.05) is 41.0 Å². The zero-order chi connectivity index (χ0) is 25.4. The standard InChI is InChI=1S/C27H37N5O3Si/c1-36(2,3)17-16-34-21-29-27(10-11-28)22-4-7-25(8-5-22)35-26-9-6-24-18-23(30-32(24)20-26)19-31-12-14-33-15-13-31/h4-11,18,20H,12-17,19,21H2,1-3H3,(H2,28,29)/p+1. The molecule has 0 saturated carbocycles. The SMILES string of the molecule is C[Si](C)(C)CCOC/N=C(/C=C\N)c1ccc(Oc2ccc3cc(CN4CCOCC4)[nH][n+]3c2)cc1. The van der Waals surface area contributed by atoms with Crippen LogP contribution in [0.5, 0.6) is 11.5 Å². The van der Waals surface area contributed by atoms with Crippen LogP contribution < -0.4 is 15.0 Å². The van der Waals surface area contributed by atoms with Gasteiger partial charge in [-0.2, -0.15) is 5.10 Å². The molecule has 4 rings (SSSR count). The summed E-state index contributed by atoms with van der Waals surface area (Å²) in [7, 11) is -1.11. The highest BCUT2D eigenvalue weighted by Crippen LogP contribution is 2.22. The largest absolute Gasteiger partial charge is 0.451 e. The van der Waals surface area contributed by atoms with E-state index in [1.165, 1.54) is 11.9 Å². The van der Waals surface area contributed by atoms with E-state index in [0.717, 1.165) is 73.8 Å². The number of benzene rings is 1. The molecule has 1 aliphatic heterocycles. The molecule has 9 heteroatoms. The van der Waals surface area contributed by atoms with Crippen molar-refractivity contribution in [3.63, 3.8) is 0 Å². The Bertz CT molecular complexity index is 1180. The maximum absolute atomic E-state index is 6.11. The molecular weight excluding hydrogens is 470 g/mol. The van der Waals surface area contributed by atoms with Crippen molar-refractivity contribution < 1.29 is 18.7 Å². The van der Waals surface area contributed by atoms with Gasteiger partial charge in [-0.15, -0.1) is 0 Å². The summed E-state index contributed by atoms with van der Waals surface area (Å²) in [6, 6.07) is 15.2. The van der Waals surface area contributed by atoms with Crippen molar-refractivity contribution in [2.24, 2.45) is 10.7 Å². The van der Waals surface area contributed by atoms with Gasteiger partial charge in [0.2, 0.25) is 11.7 Å². The van der Waals surface area contributed by atoms with Gasteiger partial charge in [0.1, 0.15) is 12.5 Å². The second-order valence-electron chi connectivity index (χ2n) is 10.2. The number of allylic oxidation sites excluding steroid dienone is 1. The molecule has 8 nitrogen and oxygen atoms in total. The van der Waals surface area contributed by atoms with Crippen LogP contribution >= 0.6 is 0 Å². The highest BCUT2D eigenvalue weighted by molar-refractivity contribution is 6.76. The third kappa shape index (κ3) is 7.76. The lowest BCUT2D eigenvalue weighted by Crippen LogP contribution is -2.36. The summed E-state index contributed by atoms with van der Waals surface area (Å²) >= 11 is 0. The van der Waals surface area contributed by atoms with Crippen LogP contribution in [-0.2, 0) is 16.0 Å². The van der Waals surface area contributed by atoms with Gasteiger partial charge < -0.3 is 19.9 Å². The predicted octanol–water partition coefficient (Wildman–Crippen LogP) is 3.95. The van der Waals surface area contributed by atoms with Crippen molar-refractivity contribution in [1.82, 2.24) is 10.00 Å². The maximum atomic E-state index is 6.11. The highest BCUT2D eigenvalue weighted by Gasteiger charge is 2.16. The third-order valence-electron chi connectivity index (χ3n) is 6.00. The molecule has 3 heterocycles. The van der Waals surface area contributed by atoms with Gasteiger partial charge in [-0.3, -0.25) is 9.89 Å². The summed E-state index contributed by atoms with van der Waals surface area (Å²) in [6.45, 7) is 12.5. The van der Waals surface area contributed by atoms with Crippen LogP contribution in [0.2, 0.25) is 25.7 Å². The van der Waals surface area contributed by atoms with E-state index in [4.69, 9.17) is 19.9 Å². The summed E-state index contributed by atoms with van der Waals surface area (Å²) in [4.78, 5) is 6.97. The monoisotopic (exact) mass is 508 g/mol. The molecule has 0 unspecified atom stereocenters. The van der Waals surface area contributed by atoms with Crippen LogP contribution in [0, 0.1) is 0 Å². The number of hydrogen-bond acceptors (Lipinski definition) is 6. The van der Waals surface area contributed by atoms with Gasteiger partial charge in [0.15, 0.2) is 5.75 Å². The topological polar surface area (TPSA) is 89.2 Å². The Morgan fingerprint density at radius 1 is 1.14 bits per heavy atom. The Morgan fingerprint density at radius 3 is 2.61 bits per heavy atom.